The van der Waals surface area contributed by atoms with Gasteiger partial charge in [0.05, 0.1) is 0 Å². The number of hydrogen-bond acceptors (Lipinski definition) is 2. The number of carboxylic acids is 1. The van der Waals surface area contributed by atoms with E-state index >= 15 is 0 Å². The summed E-state index contributed by atoms with van der Waals surface area (Å²) < 4.78 is 0. The standard InChI is InChI=1S/C12H21NO2/c1-4-7-8-11(12(14)15)9-10-13(5-2)6-3/h4,7-8H,5-6,9-10H2,1-3H3,(H,14,15). The van der Waals surface area contributed by atoms with Gasteiger partial charge in [0, 0.05) is 12.1 Å². The second-order valence-corrected chi connectivity index (χ2v) is 3.30. The highest BCUT2D eigenvalue weighted by Gasteiger charge is 2.07. The van der Waals surface area contributed by atoms with Crippen LogP contribution in [0.2, 0.25) is 0 Å². The molecule has 0 saturated heterocycles. The Morgan fingerprint density at radius 1 is 1.33 bits per heavy atom. The van der Waals surface area contributed by atoms with Crippen LogP contribution in [0, 0.1) is 0 Å². The molecular weight excluding hydrogens is 190 g/mol. The van der Waals surface area contributed by atoms with Crippen LogP contribution in [-0.2, 0) is 4.79 Å². The van der Waals surface area contributed by atoms with Crippen LogP contribution in [0.5, 0.6) is 0 Å². The molecule has 0 aromatic rings. The zero-order valence-electron chi connectivity index (χ0n) is 9.86. The molecule has 0 spiro atoms. The summed E-state index contributed by atoms with van der Waals surface area (Å²) in [7, 11) is 0. The van der Waals surface area contributed by atoms with Crippen molar-refractivity contribution in [1.82, 2.24) is 4.90 Å². The summed E-state index contributed by atoms with van der Waals surface area (Å²) in [6, 6.07) is 0. The monoisotopic (exact) mass is 211 g/mol. The maximum absolute atomic E-state index is 10.9. The van der Waals surface area contributed by atoms with Gasteiger partial charge >= 0.3 is 5.97 Å². The topological polar surface area (TPSA) is 40.5 Å². The van der Waals surface area contributed by atoms with Crippen LogP contribution < -0.4 is 0 Å². The molecule has 0 amide bonds. The van der Waals surface area contributed by atoms with E-state index in [1.165, 1.54) is 0 Å². The van der Waals surface area contributed by atoms with E-state index < -0.39 is 5.97 Å². The third kappa shape index (κ3) is 6.07. The van der Waals surface area contributed by atoms with Gasteiger partial charge in [0.2, 0.25) is 0 Å². The number of carbonyl (C=O) groups is 1. The van der Waals surface area contributed by atoms with E-state index in [1.807, 2.05) is 13.0 Å². The Balaban J connectivity index is 4.24. The van der Waals surface area contributed by atoms with Crippen LogP contribution in [0.4, 0.5) is 0 Å². The van der Waals surface area contributed by atoms with Crippen LogP contribution in [0.3, 0.4) is 0 Å². The average Bonchev–Trinajstić information content (AvgIpc) is 2.23. The fraction of sp³-hybridized carbons (Fsp3) is 0.583. The zero-order chi connectivity index (χ0) is 11.7. The van der Waals surface area contributed by atoms with E-state index in [0.717, 1.165) is 19.6 Å². The fourth-order valence-corrected chi connectivity index (χ4v) is 1.29. The number of nitrogens with zero attached hydrogens (tertiary/aromatic N) is 1. The molecule has 0 rings (SSSR count). The number of aliphatic carboxylic acids is 1. The summed E-state index contributed by atoms with van der Waals surface area (Å²) in [6.07, 6.45) is 5.87. The van der Waals surface area contributed by atoms with Gasteiger partial charge < -0.3 is 10.0 Å². The molecule has 0 fully saturated rings. The molecule has 3 heteroatoms. The zero-order valence-corrected chi connectivity index (χ0v) is 9.86. The van der Waals surface area contributed by atoms with Gasteiger partial charge in [-0.05, 0) is 26.4 Å². The normalized spacial score (nSPS) is 12.7. The lowest BCUT2D eigenvalue weighted by Crippen LogP contribution is -2.25. The molecule has 0 aliphatic rings. The molecule has 0 aromatic heterocycles. The molecule has 0 atom stereocenters. The summed E-state index contributed by atoms with van der Waals surface area (Å²) in [4.78, 5) is 13.1. The molecule has 0 saturated carbocycles. The minimum Gasteiger partial charge on any atom is -0.478 e. The van der Waals surface area contributed by atoms with Crippen molar-refractivity contribution in [3.63, 3.8) is 0 Å². The average molecular weight is 211 g/mol. The molecular formula is C12H21NO2. The number of allylic oxidation sites excluding steroid dienone is 3. The summed E-state index contributed by atoms with van der Waals surface area (Å²) in [5.41, 5.74) is 0.472. The number of carboxylic acid groups (broad SMARTS) is 1. The second kappa shape index (κ2) is 8.24. The molecule has 0 aliphatic carbocycles. The first-order valence-corrected chi connectivity index (χ1v) is 5.43. The summed E-state index contributed by atoms with van der Waals surface area (Å²) >= 11 is 0. The lowest BCUT2D eigenvalue weighted by molar-refractivity contribution is -0.132. The largest absolute Gasteiger partial charge is 0.478 e. The highest BCUT2D eigenvalue weighted by molar-refractivity contribution is 5.86. The summed E-state index contributed by atoms with van der Waals surface area (Å²) in [5.74, 6) is -0.819. The maximum Gasteiger partial charge on any atom is 0.331 e. The first kappa shape index (κ1) is 13.9. The van der Waals surface area contributed by atoms with E-state index in [-0.39, 0.29) is 0 Å². The molecule has 0 aliphatic heterocycles. The SMILES string of the molecule is CC=CC=C(CCN(CC)CC)C(=O)O. The highest BCUT2D eigenvalue weighted by atomic mass is 16.4. The number of rotatable bonds is 7. The predicted molar refractivity (Wildman–Crippen MR) is 62.9 cm³/mol. The Hall–Kier alpha value is -1.09. The second-order valence-electron chi connectivity index (χ2n) is 3.30. The summed E-state index contributed by atoms with van der Waals surface area (Å²) in [5, 5.41) is 8.94. The first-order chi connectivity index (χ1) is 7.15. The van der Waals surface area contributed by atoms with Gasteiger partial charge in [-0.15, -0.1) is 0 Å². The first-order valence-electron chi connectivity index (χ1n) is 5.43. The van der Waals surface area contributed by atoms with Crippen LogP contribution in [0.1, 0.15) is 27.2 Å². The molecule has 3 nitrogen and oxygen atoms in total. The van der Waals surface area contributed by atoms with E-state index in [1.54, 1.807) is 12.2 Å². The van der Waals surface area contributed by atoms with E-state index in [9.17, 15) is 4.79 Å². The lowest BCUT2D eigenvalue weighted by atomic mass is 10.1. The Labute approximate surface area is 92.1 Å². The van der Waals surface area contributed by atoms with E-state index in [0.29, 0.717) is 12.0 Å². The molecule has 0 aromatic carbocycles. The van der Waals surface area contributed by atoms with Gasteiger partial charge in [-0.3, -0.25) is 0 Å². The third-order valence-electron chi connectivity index (χ3n) is 2.36. The molecule has 1 N–H and O–H groups in total. The van der Waals surface area contributed by atoms with Crippen LogP contribution in [-0.4, -0.2) is 35.6 Å². The van der Waals surface area contributed by atoms with Gasteiger partial charge in [-0.25, -0.2) is 4.79 Å². The smallest absolute Gasteiger partial charge is 0.331 e. The fourth-order valence-electron chi connectivity index (χ4n) is 1.29. The minimum absolute atomic E-state index is 0.472. The Bertz CT molecular complexity index is 240. The van der Waals surface area contributed by atoms with Gasteiger partial charge in [0.25, 0.3) is 0 Å². The van der Waals surface area contributed by atoms with Crippen LogP contribution in [0.25, 0.3) is 0 Å². The van der Waals surface area contributed by atoms with Crippen molar-refractivity contribution in [3.05, 3.63) is 23.8 Å². The van der Waals surface area contributed by atoms with Gasteiger partial charge in [0.1, 0.15) is 0 Å². The lowest BCUT2D eigenvalue weighted by Gasteiger charge is -2.17. The Morgan fingerprint density at radius 3 is 2.33 bits per heavy atom. The van der Waals surface area contributed by atoms with Crippen molar-refractivity contribution in [1.29, 1.82) is 0 Å². The molecule has 0 radical (unpaired) electrons. The summed E-state index contributed by atoms with van der Waals surface area (Å²) in [6.45, 7) is 8.78. The van der Waals surface area contributed by atoms with Crippen molar-refractivity contribution < 1.29 is 9.90 Å². The third-order valence-corrected chi connectivity index (χ3v) is 2.36. The van der Waals surface area contributed by atoms with Crippen LogP contribution >= 0.6 is 0 Å². The van der Waals surface area contributed by atoms with Crippen molar-refractivity contribution in [2.45, 2.75) is 27.2 Å². The highest BCUT2D eigenvalue weighted by Crippen LogP contribution is 2.04. The van der Waals surface area contributed by atoms with E-state index in [4.69, 9.17) is 5.11 Å². The molecule has 0 heterocycles. The van der Waals surface area contributed by atoms with Gasteiger partial charge in [-0.2, -0.15) is 0 Å². The molecule has 86 valence electrons. The Morgan fingerprint density at radius 2 is 1.93 bits per heavy atom. The van der Waals surface area contributed by atoms with Crippen molar-refractivity contribution in [2.24, 2.45) is 0 Å². The molecule has 15 heavy (non-hydrogen) atoms. The maximum atomic E-state index is 10.9. The predicted octanol–water partition coefficient (Wildman–Crippen LogP) is 2.31. The molecule has 0 bridgehead atoms. The molecule has 0 unspecified atom stereocenters. The quantitative estimate of drug-likeness (QED) is 0.519. The van der Waals surface area contributed by atoms with Crippen molar-refractivity contribution in [3.8, 4) is 0 Å². The van der Waals surface area contributed by atoms with E-state index in [2.05, 4.69) is 18.7 Å². The Kier molecular flexibility index (Phi) is 7.64. The van der Waals surface area contributed by atoms with Crippen molar-refractivity contribution >= 4 is 5.97 Å². The number of hydrogen-bond donors (Lipinski definition) is 1. The van der Waals surface area contributed by atoms with Crippen molar-refractivity contribution in [2.75, 3.05) is 19.6 Å². The van der Waals surface area contributed by atoms with Gasteiger partial charge in [-0.1, -0.05) is 32.1 Å². The van der Waals surface area contributed by atoms with Gasteiger partial charge in [0.15, 0.2) is 0 Å². The minimum atomic E-state index is -0.819. The van der Waals surface area contributed by atoms with Crippen LogP contribution in [0.15, 0.2) is 23.8 Å².